The lowest BCUT2D eigenvalue weighted by Gasteiger charge is -2.12. The molecule has 2 aromatic heterocycles. The standard InChI is InChI=1S/C28H27F3N6O3/c29-28(30,31)40-25-6-3-18(13-20(25)15-32)16-34-8-1-2-11-39-12-10-36-27-22-7-9-35-17-23(22)21-5-4-19(26(33)38)14-24(21)37-27/h3-7,9,13-14,17,34H,1-2,8,10-12,16H2,(H2,33,38)(H,36,37). The average Bonchev–Trinajstić information content (AvgIpc) is 2.93. The van der Waals surface area contributed by atoms with Gasteiger partial charge < -0.3 is 25.8 Å². The number of fused-ring (bicyclic) bond motifs is 3. The van der Waals surface area contributed by atoms with Crippen molar-refractivity contribution in [1.82, 2.24) is 15.3 Å². The Hall–Kier alpha value is -4.47. The minimum absolute atomic E-state index is 0.169. The zero-order valence-electron chi connectivity index (χ0n) is 21.4. The van der Waals surface area contributed by atoms with Crippen molar-refractivity contribution in [2.24, 2.45) is 5.73 Å². The number of nitriles is 1. The zero-order valence-corrected chi connectivity index (χ0v) is 21.4. The molecule has 0 saturated heterocycles. The van der Waals surface area contributed by atoms with E-state index in [2.05, 4.69) is 25.3 Å². The van der Waals surface area contributed by atoms with Crippen molar-refractivity contribution in [3.8, 4) is 11.8 Å². The van der Waals surface area contributed by atoms with E-state index in [-0.39, 0.29) is 5.56 Å². The molecular formula is C28H27F3N6O3. The number of nitrogens with one attached hydrogen (secondary N) is 2. The topological polar surface area (TPSA) is 135 Å². The Morgan fingerprint density at radius 1 is 1.02 bits per heavy atom. The van der Waals surface area contributed by atoms with Gasteiger partial charge in [-0.05, 0) is 55.3 Å². The summed E-state index contributed by atoms with van der Waals surface area (Å²) < 4.78 is 46.9. The Labute approximate surface area is 228 Å². The quantitative estimate of drug-likeness (QED) is 0.161. The SMILES string of the molecule is N#Cc1cc(CNCCCCOCCNc2nc3cc(C(N)=O)ccc3c3cnccc23)ccc1OC(F)(F)F. The molecule has 208 valence electrons. The summed E-state index contributed by atoms with van der Waals surface area (Å²) in [5.74, 6) is -0.365. The van der Waals surface area contributed by atoms with Gasteiger partial charge in [0, 0.05) is 53.8 Å². The monoisotopic (exact) mass is 552 g/mol. The molecule has 4 aromatic rings. The summed E-state index contributed by atoms with van der Waals surface area (Å²) in [6, 6.07) is 12.8. The third-order valence-electron chi connectivity index (χ3n) is 6.03. The number of aromatic nitrogens is 2. The van der Waals surface area contributed by atoms with Crippen molar-refractivity contribution in [2.45, 2.75) is 25.7 Å². The van der Waals surface area contributed by atoms with E-state index in [1.54, 1.807) is 30.6 Å². The van der Waals surface area contributed by atoms with Gasteiger partial charge in [-0.3, -0.25) is 9.78 Å². The number of ether oxygens (including phenoxy) is 2. The van der Waals surface area contributed by atoms with E-state index in [4.69, 9.17) is 15.7 Å². The van der Waals surface area contributed by atoms with Gasteiger partial charge in [0.05, 0.1) is 17.7 Å². The highest BCUT2D eigenvalue weighted by atomic mass is 19.4. The van der Waals surface area contributed by atoms with Crippen LogP contribution in [0, 0.1) is 11.3 Å². The smallest absolute Gasteiger partial charge is 0.404 e. The number of amides is 1. The molecule has 0 aliphatic rings. The molecule has 40 heavy (non-hydrogen) atoms. The number of anilines is 1. The van der Waals surface area contributed by atoms with Crippen molar-refractivity contribution < 1.29 is 27.4 Å². The number of hydrogen-bond acceptors (Lipinski definition) is 8. The molecule has 0 aliphatic heterocycles. The Bertz CT molecular complexity index is 1540. The molecule has 4 N–H and O–H groups in total. The normalized spacial score (nSPS) is 11.4. The van der Waals surface area contributed by atoms with Gasteiger partial charge in [0.1, 0.15) is 17.6 Å². The van der Waals surface area contributed by atoms with Crippen molar-refractivity contribution in [3.63, 3.8) is 0 Å². The highest BCUT2D eigenvalue weighted by Gasteiger charge is 2.32. The molecule has 12 heteroatoms. The lowest BCUT2D eigenvalue weighted by Crippen LogP contribution is -2.18. The number of nitrogens with zero attached hydrogens (tertiary/aromatic N) is 3. The molecule has 1 amide bonds. The molecule has 4 rings (SSSR count). The first-order chi connectivity index (χ1) is 19.2. The second-order valence-electron chi connectivity index (χ2n) is 8.89. The van der Waals surface area contributed by atoms with Gasteiger partial charge in [-0.1, -0.05) is 12.1 Å². The number of rotatable bonds is 13. The fourth-order valence-electron chi connectivity index (χ4n) is 4.15. The predicted molar refractivity (Wildman–Crippen MR) is 144 cm³/mol. The molecule has 0 unspecified atom stereocenters. The lowest BCUT2D eigenvalue weighted by atomic mass is 10.1. The summed E-state index contributed by atoms with van der Waals surface area (Å²) in [7, 11) is 0. The maximum absolute atomic E-state index is 12.4. The second kappa shape index (κ2) is 13.1. The number of primary amides is 1. The summed E-state index contributed by atoms with van der Waals surface area (Å²) in [5.41, 5.74) is 6.96. The maximum Gasteiger partial charge on any atom is 0.573 e. The molecule has 0 saturated carbocycles. The summed E-state index contributed by atoms with van der Waals surface area (Å²) in [5, 5.41) is 18.3. The van der Waals surface area contributed by atoms with Crippen LogP contribution in [0.5, 0.6) is 5.75 Å². The number of unbranched alkanes of at least 4 members (excludes halogenated alkanes) is 1. The maximum atomic E-state index is 12.4. The number of halogens is 3. The van der Waals surface area contributed by atoms with Crippen molar-refractivity contribution in [2.75, 3.05) is 31.6 Å². The first-order valence-electron chi connectivity index (χ1n) is 12.5. The van der Waals surface area contributed by atoms with E-state index < -0.39 is 18.0 Å². The number of nitrogens with two attached hydrogens (primary N) is 1. The van der Waals surface area contributed by atoms with Crippen LogP contribution >= 0.6 is 0 Å². The Balaban J connectivity index is 1.18. The highest BCUT2D eigenvalue weighted by Crippen LogP contribution is 2.29. The summed E-state index contributed by atoms with van der Waals surface area (Å²) in [6.45, 7) is 2.64. The van der Waals surface area contributed by atoms with Crippen molar-refractivity contribution in [1.29, 1.82) is 5.26 Å². The number of benzene rings is 2. The number of carbonyl (C=O) groups excluding carboxylic acids is 1. The largest absolute Gasteiger partial charge is 0.573 e. The van der Waals surface area contributed by atoms with Crippen LogP contribution in [0.2, 0.25) is 0 Å². The Kier molecular flexibility index (Phi) is 9.31. The molecule has 0 aliphatic carbocycles. The van der Waals surface area contributed by atoms with Crippen molar-refractivity contribution in [3.05, 3.63) is 71.5 Å². The Morgan fingerprint density at radius 3 is 2.65 bits per heavy atom. The van der Waals surface area contributed by atoms with E-state index in [1.807, 2.05) is 12.1 Å². The third kappa shape index (κ3) is 7.56. The third-order valence-corrected chi connectivity index (χ3v) is 6.03. The Morgan fingerprint density at radius 2 is 1.88 bits per heavy atom. The minimum Gasteiger partial charge on any atom is -0.404 e. The molecule has 0 radical (unpaired) electrons. The molecular weight excluding hydrogens is 525 g/mol. The molecule has 2 aromatic carbocycles. The number of hydrogen-bond donors (Lipinski definition) is 3. The van der Waals surface area contributed by atoms with Crippen LogP contribution in [0.4, 0.5) is 19.0 Å². The van der Waals surface area contributed by atoms with Crippen LogP contribution in [-0.2, 0) is 11.3 Å². The molecule has 2 heterocycles. The van der Waals surface area contributed by atoms with Crippen LogP contribution in [0.1, 0.15) is 34.3 Å². The van der Waals surface area contributed by atoms with Crippen LogP contribution < -0.4 is 21.1 Å². The van der Waals surface area contributed by atoms with E-state index in [0.29, 0.717) is 55.3 Å². The van der Waals surface area contributed by atoms with Crippen LogP contribution in [0.25, 0.3) is 21.7 Å². The summed E-state index contributed by atoms with van der Waals surface area (Å²) in [4.78, 5) is 20.5. The van der Waals surface area contributed by atoms with Crippen LogP contribution in [0.15, 0.2) is 54.9 Å². The summed E-state index contributed by atoms with van der Waals surface area (Å²) >= 11 is 0. The average molecular weight is 553 g/mol. The van der Waals surface area contributed by atoms with Crippen LogP contribution in [0.3, 0.4) is 0 Å². The van der Waals surface area contributed by atoms with Gasteiger partial charge in [0.15, 0.2) is 0 Å². The summed E-state index contributed by atoms with van der Waals surface area (Å²) in [6.07, 6.45) is 0.260. The van der Waals surface area contributed by atoms with E-state index in [1.165, 1.54) is 12.1 Å². The van der Waals surface area contributed by atoms with Gasteiger partial charge >= 0.3 is 6.36 Å². The van der Waals surface area contributed by atoms with Gasteiger partial charge in [-0.25, -0.2) is 4.98 Å². The van der Waals surface area contributed by atoms with Crippen molar-refractivity contribution >= 4 is 33.4 Å². The lowest BCUT2D eigenvalue weighted by molar-refractivity contribution is -0.274. The predicted octanol–water partition coefficient (Wildman–Crippen LogP) is 4.65. The number of pyridine rings is 2. The van der Waals surface area contributed by atoms with Gasteiger partial charge in [-0.2, -0.15) is 5.26 Å². The van der Waals surface area contributed by atoms with E-state index in [0.717, 1.165) is 35.1 Å². The molecule has 0 fully saturated rings. The fourth-order valence-corrected chi connectivity index (χ4v) is 4.15. The number of carbonyl (C=O) groups is 1. The fraction of sp³-hybridized carbons (Fsp3) is 0.286. The first-order valence-corrected chi connectivity index (χ1v) is 12.5. The molecule has 0 atom stereocenters. The second-order valence-corrected chi connectivity index (χ2v) is 8.89. The molecule has 0 bridgehead atoms. The van der Waals surface area contributed by atoms with Gasteiger partial charge in [0.25, 0.3) is 0 Å². The molecule has 0 spiro atoms. The molecule has 9 nitrogen and oxygen atoms in total. The number of alkyl halides is 3. The first kappa shape index (κ1) is 28.5. The van der Waals surface area contributed by atoms with Crippen LogP contribution in [-0.4, -0.2) is 48.5 Å². The van der Waals surface area contributed by atoms with Gasteiger partial charge in [-0.15, -0.1) is 13.2 Å². The minimum atomic E-state index is -4.85. The highest BCUT2D eigenvalue weighted by molar-refractivity contribution is 6.11. The van der Waals surface area contributed by atoms with E-state index in [9.17, 15) is 18.0 Å². The van der Waals surface area contributed by atoms with Gasteiger partial charge in [0.2, 0.25) is 5.91 Å². The van der Waals surface area contributed by atoms with E-state index >= 15 is 0 Å². The zero-order chi connectivity index (χ0) is 28.5.